The van der Waals surface area contributed by atoms with Gasteiger partial charge in [0, 0.05) is 18.1 Å². The number of hydrogen-bond donors (Lipinski definition) is 0. The van der Waals surface area contributed by atoms with E-state index < -0.39 is 0 Å². The first-order chi connectivity index (χ1) is 13.3. The highest BCUT2D eigenvalue weighted by Gasteiger charge is 2.09. The first-order valence-electron chi connectivity index (χ1n) is 12.3. The maximum Gasteiger partial charge on any atom is 0.172 e. The van der Waals surface area contributed by atoms with Crippen LogP contribution in [0.4, 0.5) is 0 Å². The van der Waals surface area contributed by atoms with Gasteiger partial charge in [-0.3, -0.25) is 0 Å². The predicted octanol–water partition coefficient (Wildman–Crippen LogP) is 7.97. The van der Waals surface area contributed by atoms with Crippen LogP contribution in [0.15, 0.2) is 18.5 Å². The Morgan fingerprint density at radius 3 is 1.63 bits per heavy atom. The normalized spacial score (nSPS) is 11.2. The summed E-state index contributed by atoms with van der Waals surface area (Å²) in [6.45, 7) is 8.10. The molecule has 1 aromatic rings. The number of unbranched alkanes of at least 4 members (excludes halogenated alkanes) is 12. The molecule has 1 nitrogen and oxygen atoms in total. The van der Waals surface area contributed by atoms with Crippen molar-refractivity contribution in [1.29, 1.82) is 0 Å². The fraction of sp³-hybridized carbons (Fsp3) is 0.808. The zero-order valence-corrected chi connectivity index (χ0v) is 18.9. The molecule has 1 heterocycles. The maximum absolute atomic E-state index is 2.48. The summed E-state index contributed by atoms with van der Waals surface area (Å²) in [5, 5.41) is 0. The Bertz CT molecular complexity index is 452. The van der Waals surface area contributed by atoms with Crippen molar-refractivity contribution in [2.24, 2.45) is 0 Å². The summed E-state index contributed by atoms with van der Waals surface area (Å²) in [6.07, 6.45) is 28.1. The third kappa shape index (κ3) is 12.3. The quantitative estimate of drug-likeness (QED) is 0.181. The summed E-state index contributed by atoms with van der Waals surface area (Å²) in [7, 11) is 0. The second-order valence-corrected chi connectivity index (χ2v) is 8.48. The second-order valence-electron chi connectivity index (χ2n) is 8.48. The molecule has 0 saturated heterocycles. The Balaban J connectivity index is 2.47. The molecule has 0 N–H and O–H groups in total. The molecule has 156 valence electrons. The molecule has 0 unspecified atom stereocenters. The lowest BCUT2D eigenvalue weighted by molar-refractivity contribution is -0.697. The van der Waals surface area contributed by atoms with Crippen molar-refractivity contribution in [2.45, 2.75) is 136 Å². The minimum Gasteiger partial charge on any atom is -0.205 e. The van der Waals surface area contributed by atoms with Crippen LogP contribution < -0.4 is 4.57 Å². The van der Waals surface area contributed by atoms with Gasteiger partial charge in [0.1, 0.15) is 6.54 Å². The van der Waals surface area contributed by atoms with Gasteiger partial charge in [0.25, 0.3) is 0 Å². The topological polar surface area (TPSA) is 3.88 Å². The molecule has 27 heavy (non-hydrogen) atoms. The lowest BCUT2D eigenvalue weighted by Crippen LogP contribution is -2.34. The Morgan fingerprint density at radius 2 is 1.04 bits per heavy atom. The van der Waals surface area contributed by atoms with Gasteiger partial charge in [-0.15, -0.1) is 0 Å². The van der Waals surface area contributed by atoms with Gasteiger partial charge in [-0.2, -0.15) is 0 Å². The predicted molar refractivity (Wildman–Crippen MR) is 120 cm³/mol. The van der Waals surface area contributed by atoms with Crippen LogP contribution in [0.2, 0.25) is 0 Å². The van der Waals surface area contributed by atoms with E-state index in [0.717, 1.165) is 0 Å². The molecule has 0 aromatic carbocycles. The number of aryl methyl sites for hydroxylation is 3. The van der Waals surface area contributed by atoms with Gasteiger partial charge in [0.05, 0.1) is 0 Å². The van der Waals surface area contributed by atoms with Crippen molar-refractivity contribution in [3.8, 4) is 0 Å². The Hall–Kier alpha value is -0.850. The highest BCUT2D eigenvalue weighted by atomic mass is 14.9. The summed E-state index contributed by atoms with van der Waals surface area (Å²) in [5.74, 6) is 0. The number of nitrogens with zero attached hydrogens (tertiary/aromatic N) is 1. The summed E-state index contributed by atoms with van der Waals surface area (Å²) in [6, 6.07) is 2.43. The number of pyridine rings is 1. The summed E-state index contributed by atoms with van der Waals surface area (Å²) in [4.78, 5) is 0. The van der Waals surface area contributed by atoms with Crippen molar-refractivity contribution in [1.82, 2.24) is 0 Å². The summed E-state index contributed by atoms with van der Waals surface area (Å²) >= 11 is 0. The molecule has 1 heteroatoms. The average Bonchev–Trinajstić information content (AvgIpc) is 2.69. The van der Waals surface area contributed by atoms with E-state index in [1.165, 1.54) is 116 Å². The van der Waals surface area contributed by atoms with Crippen molar-refractivity contribution in [3.05, 3.63) is 29.6 Å². The number of aromatic nitrogens is 1. The molecule has 0 saturated carbocycles. The average molecular weight is 375 g/mol. The van der Waals surface area contributed by atoms with Crippen LogP contribution >= 0.6 is 0 Å². The fourth-order valence-corrected chi connectivity index (χ4v) is 3.96. The van der Waals surface area contributed by atoms with E-state index >= 15 is 0 Å². The molecule has 0 amide bonds. The third-order valence-electron chi connectivity index (χ3n) is 5.82. The van der Waals surface area contributed by atoms with E-state index in [2.05, 4.69) is 43.8 Å². The highest BCUT2D eigenvalue weighted by Crippen LogP contribution is 2.15. The van der Waals surface area contributed by atoms with Crippen molar-refractivity contribution in [2.75, 3.05) is 0 Å². The molecule has 0 atom stereocenters. The van der Waals surface area contributed by atoms with Crippen LogP contribution in [0.1, 0.15) is 128 Å². The van der Waals surface area contributed by atoms with Crippen LogP contribution in [-0.2, 0) is 19.4 Å². The van der Waals surface area contributed by atoms with Crippen molar-refractivity contribution < 1.29 is 4.57 Å². The van der Waals surface area contributed by atoms with Crippen LogP contribution in [-0.4, -0.2) is 0 Å². The summed E-state index contributed by atoms with van der Waals surface area (Å²) in [5.41, 5.74) is 3.26. The van der Waals surface area contributed by atoms with Gasteiger partial charge >= 0.3 is 0 Å². The van der Waals surface area contributed by atoms with Gasteiger partial charge in [-0.05, 0) is 37.7 Å². The lowest BCUT2D eigenvalue weighted by Gasteiger charge is -2.09. The van der Waals surface area contributed by atoms with E-state index in [1.54, 1.807) is 11.1 Å². The molecular formula is C26H48N+. The first kappa shape index (κ1) is 24.2. The Labute approximate surface area is 171 Å². The van der Waals surface area contributed by atoms with Crippen molar-refractivity contribution in [3.63, 3.8) is 0 Å². The standard InChI is InChI=1S/C26H48N/c1-4-7-10-13-14-15-18-22-27-23-21-25(19-16-11-8-5-2)26(24-27)20-17-12-9-6-3/h21,23-24H,4-20,22H2,1-3H3/q+1. The van der Waals surface area contributed by atoms with E-state index in [-0.39, 0.29) is 0 Å². The molecule has 0 radical (unpaired) electrons. The van der Waals surface area contributed by atoms with Crippen LogP contribution in [0.25, 0.3) is 0 Å². The van der Waals surface area contributed by atoms with Crippen LogP contribution in [0.5, 0.6) is 0 Å². The zero-order valence-electron chi connectivity index (χ0n) is 18.9. The van der Waals surface area contributed by atoms with E-state index in [4.69, 9.17) is 0 Å². The van der Waals surface area contributed by atoms with Gasteiger partial charge in [0.2, 0.25) is 0 Å². The first-order valence-corrected chi connectivity index (χ1v) is 12.3. The highest BCUT2D eigenvalue weighted by molar-refractivity contribution is 5.21. The monoisotopic (exact) mass is 374 g/mol. The molecule has 0 aliphatic heterocycles. The lowest BCUT2D eigenvalue weighted by atomic mass is 9.98. The molecule has 0 bridgehead atoms. The van der Waals surface area contributed by atoms with E-state index in [1.807, 2.05) is 0 Å². The van der Waals surface area contributed by atoms with Crippen LogP contribution in [0.3, 0.4) is 0 Å². The van der Waals surface area contributed by atoms with E-state index in [0.29, 0.717) is 0 Å². The van der Waals surface area contributed by atoms with E-state index in [9.17, 15) is 0 Å². The molecule has 0 spiro atoms. The molecule has 0 aliphatic rings. The number of hydrogen-bond acceptors (Lipinski definition) is 0. The van der Waals surface area contributed by atoms with Gasteiger partial charge < -0.3 is 0 Å². The van der Waals surface area contributed by atoms with Gasteiger partial charge in [0.15, 0.2) is 12.4 Å². The molecular weight excluding hydrogens is 326 g/mol. The molecule has 1 rings (SSSR count). The fourth-order valence-electron chi connectivity index (χ4n) is 3.96. The Kier molecular flexibility index (Phi) is 15.5. The largest absolute Gasteiger partial charge is 0.205 e. The van der Waals surface area contributed by atoms with Gasteiger partial charge in [-0.1, -0.05) is 91.4 Å². The van der Waals surface area contributed by atoms with Crippen molar-refractivity contribution >= 4 is 0 Å². The zero-order chi connectivity index (χ0) is 19.6. The molecule has 1 aromatic heterocycles. The Morgan fingerprint density at radius 1 is 0.556 bits per heavy atom. The molecule has 0 fully saturated rings. The van der Waals surface area contributed by atoms with Crippen LogP contribution in [0, 0.1) is 0 Å². The maximum atomic E-state index is 2.48. The minimum absolute atomic E-state index is 1.20. The SMILES string of the molecule is CCCCCCCCC[n+]1ccc(CCCCCC)c(CCCCCC)c1. The second kappa shape index (κ2) is 17.3. The third-order valence-corrected chi connectivity index (χ3v) is 5.82. The summed E-state index contributed by atoms with van der Waals surface area (Å²) < 4.78 is 2.47. The molecule has 0 aliphatic carbocycles. The van der Waals surface area contributed by atoms with Gasteiger partial charge in [-0.25, -0.2) is 4.57 Å². The minimum atomic E-state index is 1.20. The smallest absolute Gasteiger partial charge is 0.172 e. The number of rotatable bonds is 18.